The Bertz CT molecular complexity index is 618. The van der Waals surface area contributed by atoms with E-state index in [-0.39, 0.29) is 22.5 Å². The fraction of sp³-hybridized carbons (Fsp3) is 0.143. The Morgan fingerprint density at radius 1 is 1.15 bits per heavy atom. The predicted octanol–water partition coefficient (Wildman–Crippen LogP) is 2.60. The number of rotatable bonds is 5. The lowest BCUT2D eigenvalue weighted by atomic mass is 10.1. The van der Waals surface area contributed by atoms with Gasteiger partial charge in [-0.3, -0.25) is 4.79 Å². The summed E-state index contributed by atoms with van der Waals surface area (Å²) in [7, 11) is 0. The number of carbonyl (C=O) groups excluding carboxylic acids is 1. The molecule has 0 spiro atoms. The average Bonchev–Trinajstić information content (AvgIpc) is 2.86. The summed E-state index contributed by atoms with van der Waals surface area (Å²) in [4.78, 5) is 22.3. The minimum atomic E-state index is -0.959. The Balaban J connectivity index is 1.83. The predicted molar refractivity (Wildman–Crippen MR) is 73.2 cm³/mol. The zero-order valence-corrected chi connectivity index (χ0v) is 11.2. The molecule has 20 heavy (non-hydrogen) atoms. The van der Waals surface area contributed by atoms with Gasteiger partial charge in [0.15, 0.2) is 11.0 Å². The fourth-order valence-electron chi connectivity index (χ4n) is 1.66. The summed E-state index contributed by atoms with van der Waals surface area (Å²) in [6.45, 7) is 0.420. The highest BCUT2D eigenvalue weighted by molar-refractivity contribution is 6.29. The fourth-order valence-corrected chi connectivity index (χ4v) is 1.80. The standard InChI is InChI=1S/C14H12ClNO4/c15-12-6-5-11(20-12)13(17)16-8-7-9-1-3-10(4-2-9)14(18)19/h1-6H,7-8H2,(H,16,17)(H,18,19). The monoisotopic (exact) mass is 293 g/mol. The van der Waals surface area contributed by atoms with E-state index in [9.17, 15) is 9.59 Å². The molecule has 0 aliphatic rings. The molecule has 2 N–H and O–H groups in total. The van der Waals surface area contributed by atoms with E-state index in [2.05, 4.69) is 5.32 Å². The van der Waals surface area contributed by atoms with Crippen molar-refractivity contribution in [2.24, 2.45) is 0 Å². The summed E-state index contributed by atoms with van der Waals surface area (Å²) in [5.41, 5.74) is 1.18. The van der Waals surface area contributed by atoms with Gasteiger partial charge in [-0.05, 0) is 47.9 Å². The van der Waals surface area contributed by atoms with Crippen molar-refractivity contribution >= 4 is 23.5 Å². The van der Waals surface area contributed by atoms with Crippen molar-refractivity contribution in [2.45, 2.75) is 6.42 Å². The van der Waals surface area contributed by atoms with Crippen LogP contribution >= 0.6 is 11.6 Å². The van der Waals surface area contributed by atoms with Crippen molar-refractivity contribution in [1.82, 2.24) is 5.32 Å². The largest absolute Gasteiger partial charge is 0.478 e. The molecule has 0 aliphatic carbocycles. The third-order valence-corrected chi connectivity index (χ3v) is 2.90. The van der Waals surface area contributed by atoms with E-state index < -0.39 is 5.97 Å². The molecule has 6 heteroatoms. The maximum atomic E-state index is 11.7. The number of hydrogen-bond acceptors (Lipinski definition) is 3. The van der Waals surface area contributed by atoms with Crippen LogP contribution in [0.2, 0.25) is 5.22 Å². The van der Waals surface area contributed by atoms with E-state index in [1.54, 1.807) is 12.1 Å². The maximum Gasteiger partial charge on any atom is 0.335 e. The summed E-state index contributed by atoms with van der Waals surface area (Å²) in [6.07, 6.45) is 0.597. The van der Waals surface area contributed by atoms with Crippen molar-refractivity contribution in [1.29, 1.82) is 0 Å². The minimum Gasteiger partial charge on any atom is -0.478 e. The number of furan rings is 1. The van der Waals surface area contributed by atoms with Crippen LogP contribution in [0.5, 0.6) is 0 Å². The SMILES string of the molecule is O=C(O)c1ccc(CCNC(=O)c2ccc(Cl)o2)cc1. The van der Waals surface area contributed by atoms with Crippen molar-refractivity contribution < 1.29 is 19.1 Å². The van der Waals surface area contributed by atoms with Crippen LogP contribution in [0.15, 0.2) is 40.8 Å². The molecule has 0 fully saturated rings. The number of carboxylic acid groups (broad SMARTS) is 1. The van der Waals surface area contributed by atoms with Gasteiger partial charge in [0.2, 0.25) is 0 Å². The highest BCUT2D eigenvalue weighted by atomic mass is 35.5. The number of hydrogen-bond donors (Lipinski definition) is 2. The Hall–Kier alpha value is -2.27. The quantitative estimate of drug-likeness (QED) is 0.888. The molecule has 0 saturated carbocycles. The molecule has 1 heterocycles. The third kappa shape index (κ3) is 3.61. The van der Waals surface area contributed by atoms with E-state index in [1.165, 1.54) is 24.3 Å². The molecule has 0 bridgehead atoms. The maximum absolute atomic E-state index is 11.7. The molecule has 104 valence electrons. The first-order valence-electron chi connectivity index (χ1n) is 5.92. The van der Waals surface area contributed by atoms with Crippen LogP contribution in [0, 0.1) is 0 Å². The second-order valence-electron chi connectivity index (χ2n) is 4.11. The highest BCUT2D eigenvalue weighted by Gasteiger charge is 2.09. The average molecular weight is 294 g/mol. The lowest BCUT2D eigenvalue weighted by Crippen LogP contribution is -2.25. The summed E-state index contributed by atoms with van der Waals surface area (Å²) < 4.78 is 4.98. The van der Waals surface area contributed by atoms with Crippen molar-refractivity contribution in [2.75, 3.05) is 6.54 Å². The summed E-state index contributed by atoms with van der Waals surface area (Å²) in [5, 5.41) is 11.6. The van der Waals surface area contributed by atoms with Crippen LogP contribution in [-0.2, 0) is 6.42 Å². The molecular formula is C14H12ClNO4. The smallest absolute Gasteiger partial charge is 0.335 e. The van der Waals surface area contributed by atoms with Gasteiger partial charge in [0.25, 0.3) is 5.91 Å². The van der Waals surface area contributed by atoms with E-state index in [1.807, 2.05) is 0 Å². The lowest BCUT2D eigenvalue weighted by molar-refractivity contribution is 0.0696. The normalized spacial score (nSPS) is 10.2. The van der Waals surface area contributed by atoms with Gasteiger partial charge in [0, 0.05) is 6.54 Å². The number of amides is 1. The topological polar surface area (TPSA) is 79.5 Å². The van der Waals surface area contributed by atoms with Gasteiger partial charge in [-0.15, -0.1) is 0 Å². The molecule has 2 aromatic rings. The van der Waals surface area contributed by atoms with E-state index in [0.29, 0.717) is 13.0 Å². The number of benzene rings is 1. The van der Waals surface area contributed by atoms with Gasteiger partial charge in [0.1, 0.15) is 0 Å². The zero-order chi connectivity index (χ0) is 14.5. The lowest BCUT2D eigenvalue weighted by Gasteiger charge is -2.04. The number of carbonyl (C=O) groups is 2. The van der Waals surface area contributed by atoms with Crippen molar-refractivity contribution in [3.63, 3.8) is 0 Å². The third-order valence-electron chi connectivity index (χ3n) is 2.70. The Morgan fingerprint density at radius 2 is 1.85 bits per heavy atom. The molecular weight excluding hydrogens is 282 g/mol. The van der Waals surface area contributed by atoms with Gasteiger partial charge in [-0.2, -0.15) is 0 Å². The van der Waals surface area contributed by atoms with Gasteiger partial charge < -0.3 is 14.8 Å². The van der Waals surface area contributed by atoms with Crippen molar-refractivity contribution in [3.05, 3.63) is 58.5 Å². The molecule has 2 rings (SSSR count). The van der Waals surface area contributed by atoms with Gasteiger partial charge in [-0.1, -0.05) is 12.1 Å². The first-order valence-corrected chi connectivity index (χ1v) is 6.30. The van der Waals surface area contributed by atoms with Crippen LogP contribution in [0.3, 0.4) is 0 Å². The molecule has 0 atom stereocenters. The Labute approximate surface area is 120 Å². The van der Waals surface area contributed by atoms with Crippen molar-refractivity contribution in [3.8, 4) is 0 Å². The number of halogens is 1. The zero-order valence-electron chi connectivity index (χ0n) is 10.4. The van der Waals surface area contributed by atoms with Gasteiger partial charge in [0.05, 0.1) is 5.56 Å². The first kappa shape index (κ1) is 14.1. The van der Waals surface area contributed by atoms with Gasteiger partial charge >= 0.3 is 5.97 Å². The molecule has 1 amide bonds. The molecule has 1 aromatic carbocycles. The molecule has 1 aromatic heterocycles. The Kier molecular flexibility index (Phi) is 4.42. The Morgan fingerprint density at radius 3 is 2.40 bits per heavy atom. The molecule has 0 unspecified atom stereocenters. The van der Waals surface area contributed by atoms with E-state index in [0.717, 1.165) is 5.56 Å². The van der Waals surface area contributed by atoms with Crippen LogP contribution in [0.1, 0.15) is 26.5 Å². The number of carboxylic acids is 1. The van der Waals surface area contributed by atoms with Gasteiger partial charge in [-0.25, -0.2) is 4.79 Å². The summed E-state index contributed by atoms with van der Waals surface area (Å²) in [5.74, 6) is -1.13. The molecule has 0 radical (unpaired) electrons. The number of nitrogens with one attached hydrogen (secondary N) is 1. The van der Waals surface area contributed by atoms with E-state index in [4.69, 9.17) is 21.1 Å². The number of aromatic carboxylic acids is 1. The second-order valence-corrected chi connectivity index (χ2v) is 4.48. The second kappa shape index (κ2) is 6.25. The summed E-state index contributed by atoms with van der Waals surface area (Å²) >= 11 is 5.58. The first-order chi connectivity index (χ1) is 9.56. The molecule has 0 saturated heterocycles. The van der Waals surface area contributed by atoms with Crippen LogP contribution in [0.4, 0.5) is 0 Å². The molecule has 0 aliphatic heterocycles. The van der Waals surface area contributed by atoms with Crippen LogP contribution in [-0.4, -0.2) is 23.5 Å². The van der Waals surface area contributed by atoms with E-state index >= 15 is 0 Å². The minimum absolute atomic E-state index is 0.163. The molecule has 5 nitrogen and oxygen atoms in total. The van der Waals surface area contributed by atoms with Crippen LogP contribution in [0.25, 0.3) is 0 Å². The highest BCUT2D eigenvalue weighted by Crippen LogP contribution is 2.12. The van der Waals surface area contributed by atoms with Crippen LogP contribution < -0.4 is 5.32 Å². The summed E-state index contributed by atoms with van der Waals surface area (Å²) in [6, 6.07) is 9.51.